The number of rotatable bonds is 3. The fourth-order valence-electron chi connectivity index (χ4n) is 2.21. The monoisotopic (exact) mass is 314 g/mol. The molecule has 0 saturated carbocycles. The van der Waals surface area contributed by atoms with Crippen molar-refractivity contribution in [3.63, 3.8) is 0 Å². The number of nitrogens with two attached hydrogens (primary N) is 1. The van der Waals surface area contributed by atoms with Gasteiger partial charge >= 0.3 is 0 Å². The van der Waals surface area contributed by atoms with Crippen LogP contribution in [0.5, 0.6) is 0 Å². The minimum absolute atomic E-state index is 0.0412. The van der Waals surface area contributed by atoms with Crippen molar-refractivity contribution >= 4 is 33.4 Å². The third kappa shape index (κ3) is 3.16. The molecule has 1 unspecified atom stereocenters. The van der Waals surface area contributed by atoms with E-state index in [4.69, 9.17) is 5.14 Å². The zero-order valence-corrected chi connectivity index (χ0v) is 13.1. The van der Waals surface area contributed by atoms with Crippen molar-refractivity contribution in [2.75, 3.05) is 11.1 Å². The Hall–Kier alpha value is -1.05. The number of nitrogens with one attached hydrogen (secondary N) is 1. The number of primary sulfonamides is 1. The van der Waals surface area contributed by atoms with E-state index >= 15 is 0 Å². The van der Waals surface area contributed by atoms with E-state index in [1.54, 1.807) is 30.8 Å². The predicted octanol–water partition coefficient (Wildman–Crippen LogP) is 1.87. The Morgan fingerprint density at radius 3 is 2.70 bits per heavy atom. The Bertz CT molecular complexity index is 635. The normalized spacial score (nSPS) is 22.8. The maximum absolute atomic E-state index is 12.3. The molecular formula is C13H18N2O3S2. The fourth-order valence-corrected chi connectivity index (χ4v) is 4.22. The van der Waals surface area contributed by atoms with Crippen LogP contribution in [0.15, 0.2) is 23.1 Å². The van der Waals surface area contributed by atoms with Gasteiger partial charge in [-0.25, -0.2) is 13.6 Å². The average Bonchev–Trinajstić information content (AvgIpc) is 2.78. The van der Waals surface area contributed by atoms with Crippen LogP contribution in [0.25, 0.3) is 0 Å². The summed E-state index contributed by atoms with van der Waals surface area (Å²) in [6.07, 6.45) is 1.85. The molecule has 3 N–H and O–H groups in total. The highest BCUT2D eigenvalue weighted by atomic mass is 32.2. The lowest BCUT2D eigenvalue weighted by atomic mass is 10.0. The summed E-state index contributed by atoms with van der Waals surface area (Å²) in [5.41, 5.74) is 1.02. The largest absolute Gasteiger partial charge is 0.325 e. The molecule has 1 heterocycles. The van der Waals surface area contributed by atoms with Crippen LogP contribution in [-0.4, -0.2) is 24.8 Å². The Morgan fingerprint density at radius 2 is 2.15 bits per heavy atom. The molecule has 1 aliphatic heterocycles. The summed E-state index contributed by atoms with van der Waals surface area (Å²) >= 11 is 1.63. The highest BCUT2D eigenvalue weighted by Crippen LogP contribution is 2.38. The molecule has 1 amide bonds. The van der Waals surface area contributed by atoms with E-state index in [0.29, 0.717) is 11.3 Å². The van der Waals surface area contributed by atoms with Crippen molar-refractivity contribution in [2.24, 2.45) is 5.14 Å². The topological polar surface area (TPSA) is 89.3 Å². The van der Waals surface area contributed by atoms with Crippen LogP contribution in [-0.2, 0) is 14.8 Å². The van der Waals surface area contributed by atoms with Crippen molar-refractivity contribution in [3.05, 3.63) is 23.8 Å². The van der Waals surface area contributed by atoms with E-state index in [-0.39, 0.29) is 10.8 Å². The molecule has 5 nitrogen and oxygen atoms in total. The lowest BCUT2D eigenvalue weighted by molar-refractivity contribution is -0.118. The van der Waals surface area contributed by atoms with Gasteiger partial charge in [-0.15, -0.1) is 11.8 Å². The number of benzene rings is 1. The molecule has 0 radical (unpaired) electrons. The summed E-state index contributed by atoms with van der Waals surface area (Å²) in [6, 6.07) is 4.73. The van der Waals surface area contributed by atoms with Crippen LogP contribution in [0, 0.1) is 6.92 Å². The standard InChI is InChI=1S/C13H18N2O3S2/c1-9-4-5-10(8-11(9)20(14,17)18)15-12(16)13(2)6-3-7-19-13/h4-5,8H,3,6-7H2,1-2H3,(H,15,16)(H2,14,17,18). The molecule has 1 fully saturated rings. The van der Waals surface area contributed by atoms with Crippen molar-refractivity contribution in [1.29, 1.82) is 0 Å². The van der Waals surface area contributed by atoms with Crippen molar-refractivity contribution in [2.45, 2.75) is 36.3 Å². The zero-order chi connectivity index (χ0) is 15.0. The minimum Gasteiger partial charge on any atom is -0.325 e. The number of hydrogen-bond donors (Lipinski definition) is 2. The molecule has 0 aromatic heterocycles. The molecule has 1 aromatic rings. The summed E-state index contributed by atoms with van der Waals surface area (Å²) in [4.78, 5) is 12.3. The summed E-state index contributed by atoms with van der Waals surface area (Å²) in [5, 5.41) is 7.95. The van der Waals surface area contributed by atoms with E-state index in [9.17, 15) is 13.2 Å². The number of carbonyl (C=O) groups is 1. The number of aryl methyl sites for hydroxylation is 1. The van der Waals surface area contributed by atoms with Crippen LogP contribution in [0.2, 0.25) is 0 Å². The molecule has 0 spiro atoms. The molecule has 1 saturated heterocycles. The van der Waals surface area contributed by atoms with Crippen LogP contribution < -0.4 is 10.5 Å². The van der Waals surface area contributed by atoms with Crippen LogP contribution >= 0.6 is 11.8 Å². The van der Waals surface area contributed by atoms with Gasteiger partial charge in [0.05, 0.1) is 9.64 Å². The zero-order valence-electron chi connectivity index (χ0n) is 11.5. The molecule has 110 valence electrons. The second-order valence-corrected chi connectivity index (χ2v) is 8.29. The molecular weight excluding hydrogens is 296 g/mol. The van der Waals surface area contributed by atoms with E-state index in [1.807, 2.05) is 6.92 Å². The maximum Gasteiger partial charge on any atom is 0.240 e. The van der Waals surface area contributed by atoms with E-state index in [1.165, 1.54) is 6.07 Å². The van der Waals surface area contributed by atoms with Gasteiger partial charge in [-0.05, 0) is 50.1 Å². The Kier molecular flexibility index (Phi) is 4.13. The van der Waals surface area contributed by atoms with Crippen LogP contribution in [0.1, 0.15) is 25.3 Å². The SMILES string of the molecule is Cc1ccc(NC(=O)C2(C)CCCS2)cc1S(N)(=O)=O. The molecule has 20 heavy (non-hydrogen) atoms. The van der Waals surface area contributed by atoms with Gasteiger partial charge in [-0.1, -0.05) is 6.07 Å². The number of carbonyl (C=O) groups excluding carboxylic acids is 1. The second kappa shape index (κ2) is 5.38. The van der Waals surface area contributed by atoms with Gasteiger partial charge in [0.2, 0.25) is 15.9 Å². The molecule has 7 heteroatoms. The Balaban J connectivity index is 2.25. The summed E-state index contributed by atoms with van der Waals surface area (Å²) in [7, 11) is -3.78. The third-order valence-corrected chi connectivity index (χ3v) is 6.02. The summed E-state index contributed by atoms with van der Waals surface area (Å²) in [5.74, 6) is 0.879. The van der Waals surface area contributed by atoms with Gasteiger partial charge < -0.3 is 5.32 Å². The third-order valence-electron chi connectivity index (χ3n) is 3.45. The van der Waals surface area contributed by atoms with Gasteiger partial charge in [0.1, 0.15) is 0 Å². The molecule has 1 aliphatic rings. The predicted molar refractivity (Wildman–Crippen MR) is 81.3 cm³/mol. The quantitative estimate of drug-likeness (QED) is 0.891. The molecule has 0 aliphatic carbocycles. The number of sulfonamides is 1. The lowest BCUT2D eigenvalue weighted by Crippen LogP contribution is -2.34. The first-order valence-electron chi connectivity index (χ1n) is 6.31. The van der Waals surface area contributed by atoms with Gasteiger partial charge in [0, 0.05) is 5.69 Å². The highest BCUT2D eigenvalue weighted by Gasteiger charge is 2.37. The smallest absolute Gasteiger partial charge is 0.240 e. The first-order chi connectivity index (χ1) is 9.22. The molecule has 1 aromatic carbocycles. The van der Waals surface area contributed by atoms with Crippen LogP contribution in [0.3, 0.4) is 0 Å². The average molecular weight is 314 g/mol. The molecule has 1 atom stereocenters. The van der Waals surface area contributed by atoms with Crippen molar-refractivity contribution in [1.82, 2.24) is 0 Å². The van der Waals surface area contributed by atoms with Crippen LogP contribution in [0.4, 0.5) is 5.69 Å². The van der Waals surface area contributed by atoms with Gasteiger partial charge in [-0.2, -0.15) is 0 Å². The number of hydrogen-bond acceptors (Lipinski definition) is 4. The van der Waals surface area contributed by atoms with Crippen molar-refractivity contribution < 1.29 is 13.2 Å². The Morgan fingerprint density at radius 1 is 1.45 bits per heavy atom. The van der Waals surface area contributed by atoms with Gasteiger partial charge in [-0.3, -0.25) is 4.79 Å². The summed E-state index contributed by atoms with van der Waals surface area (Å²) in [6.45, 7) is 3.58. The number of anilines is 1. The Labute approximate surface area is 123 Å². The molecule has 0 bridgehead atoms. The minimum atomic E-state index is -3.78. The number of thioether (sulfide) groups is 1. The second-order valence-electron chi connectivity index (χ2n) is 5.16. The first kappa shape index (κ1) is 15.3. The lowest BCUT2D eigenvalue weighted by Gasteiger charge is -2.21. The first-order valence-corrected chi connectivity index (χ1v) is 8.84. The van der Waals surface area contributed by atoms with E-state index in [2.05, 4.69) is 5.32 Å². The highest BCUT2D eigenvalue weighted by molar-refractivity contribution is 8.01. The van der Waals surface area contributed by atoms with Crippen molar-refractivity contribution in [3.8, 4) is 0 Å². The molecule has 2 rings (SSSR count). The summed E-state index contributed by atoms with van der Waals surface area (Å²) < 4.78 is 22.5. The fraction of sp³-hybridized carbons (Fsp3) is 0.462. The number of amides is 1. The van der Waals surface area contributed by atoms with E-state index in [0.717, 1.165) is 18.6 Å². The van der Waals surface area contributed by atoms with Gasteiger partial charge in [0.25, 0.3) is 0 Å². The van der Waals surface area contributed by atoms with Gasteiger partial charge in [0.15, 0.2) is 0 Å². The van der Waals surface area contributed by atoms with E-state index < -0.39 is 14.8 Å². The maximum atomic E-state index is 12.3.